The van der Waals surface area contributed by atoms with Crippen molar-refractivity contribution in [3.05, 3.63) is 29.3 Å². The van der Waals surface area contributed by atoms with E-state index in [2.05, 4.69) is 24.5 Å². The summed E-state index contributed by atoms with van der Waals surface area (Å²) in [5.41, 5.74) is 2.78. The number of carbonyl (C=O) groups excluding carboxylic acids is 1. The molecule has 0 radical (unpaired) electrons. The van der Waals surface area contributed by atoms with E-state index in [0.717, 1.165) is 23.2 Å². The van der Waals surface area contributed by atoms with Gasteiger partial charge in [-0.25, -0.2) is 0 Å². The number of hydrogen-bond acceptors (Lipinski definition) is 4. The highest BCUT2D eigenvalue weighted by atomic mass is 16.5. The minimum atomic E-state index is -0.134. The first-order chi connectivity index (χ1) is 10.4. The van der Waals surface area contributed by atoms with Crippen LogP contribution >= 0.6 is 0 Å². The number of nitrogens with one attached hydrogen (secondary N) is 2. The fraction of sp³-hybridized carbons (Fsp3) is 0.471. The van der Waals surface area contributed by atoms with Crippen LogP contribution in [0.5, 0.6) is 11.5 Å². The van der Waals surface area contributed by atoms with E-state index >= 15 is 0 Å². The standard InChI is InChI=1S/C17H24N2O3/c1-6-18-16(20)9-13-12-8-15(22-5)14(21-4)7-11(12)10-17(2,3)19-13/h7-9,19H,6,10H2,1-5H3,(H,18,20)/b13-9+. The summed E-state index contributed by atoms with van der Waals surface area (Å²) in [5, 5.41) is 6.22. The Balaban J connectivity index is 2.53. The summed E-state index contributed by atoms with van der Waals surface area (Å²) in [6, 6.07) is 3.91. The molecule has 0 spiro atoms. The summed E-state index contributed by atoms with van der Waals surface area (Å²) >= 11 is 0. The van der Waals surface area contributed by atoms with E-state index in [-0.39, 0.29) is 11.4 Å². The SMILES string of the molecule is CCNC(=O)/C=C1/NC(C)(C)Cc2cc(OC)c(OC)cc21. The average molecular weight is 304 g/mol. The van der Waals surface area contributed by atoms with Gasteiger partial charge in [0, 0.05) is 29.4 Å². The zero-order valence-corrected chi connectivity index (χ0v) is 13.9. The monoisotopic (exact) mass is 304 g/mol. The number of methoxy groups -OCH3 is 2. The molecule has 0 fully saturated rings. The van der Waals surface area contributed by atoms with Crippen molar-refractivity contribution in [2.75, 3.05) is 20.8 Å². The van der Waals surface area contributed by atoms with E-state index in [1.165, 1.54) is 0 Å². The molecule has 120 valence electrons. The maximum atomic E-state index is 11.9. The third kappa shape index (κ3) is 3.35. The minimum absolute atomic E-state index is 0.108. The summed E-state index contributed by atoms with van der Waals surface area (Å²) in [6.45, 7) is 6.72. The molecule has 0 bridgehead atoms. The Morgan fingerprint density at radius 2 is 1.95 bits per heavy atom. The molecule has 1 aromatic carbocycles. The van der Waals surface area contributed by atoms with Gasteiger partial charge >= 0.3 is 0 Å². The molecule has 1 aliphatic rings. The molecule has 1 heterocycles. The number of likely N-dealkylation sites (N-methyl/N-ethyl adjacent to an activating group) is 1. The largest absolute Gasteiger partial charge is 0.493 e. The first kappa shape index (κ1) is 16.2. The van der Waals surface area contributed by atoms with Gasteiger partial charge in [-0.15, -0.1) is 0 Å². The van der Waals surface area contributed by atoms with Gasteiger partial charge in [0.05, 0.1) is 14.2 Å². The van der Waals surface area contributed by atoms with Gasteiger partial charge in [0.25, 0.3) is 0 Å². The van der Waals surface area contributed by atoms with Crippen molar-refractivity contribution in [2.24, 2.45) is 0 Å². The number of rotatable bonds is 4. The fourth-order valence-corrected chi connectivity index (χ4v) is 2.74. The van der Waals surface area contributed by atoms with Crippen LogP contribution in [-0.4, -0.2) is 32.2 Å². The predicted molar refractivity (Wildman–Crippen MR) is 87.1 cm³/mol. The fourth-order valence-electron chi connectivity index (χ4n) is 2.74. The normalized spacial score (nSPS) is 17.4. The van der Waals surface area contributed by atoms with Crippen LogP contribution in [0.4, 0.5) is 0 Å². The van der Waals surface area contributed by atoms with Gasteiger partial charge in [0.2, 0.25) is 5.91 Å². The molecule has 2 rings (SSSR count). The second-order valence-corrected chi connectivity index (χ2v) is 6.00. The molecule has 1 aromatic rings. The number of fused-ring (bicyclic) bond motifs is 1. The lowest BCUT2D eigenvalue weighted by Gasteiger charge is -2.36. The quantitative estimate of drug-likeness (QED) is 0.837. The van der Waals surface area contributed by atoms with Crippen LogP contribution in [0.15, 0.2) is 18.2 Å². The number of ether oxygens (including phenoxy) is 2. The van der Waals surface area contributed by atoms with Gasteiger partial charge in [-0.1, -0.05) is 0 Å². The van der Waals surface area contributed by atoms with Crippen molar-refractivity contribution in [3.8, 4) is 11.5 Å². The minimum Gasteiger partial charge on any atom is -0.493 e. The second-order valence-electron chi connectivity index (χ2n) is 6.00. The lowest BCUT2D eigenvalue weighted by atomic mass is 9.85. The topological polar surface area (TPSA) is 59.6 Å². The molecule has 1 amide bonds. The van der Waals surface area contributed by atoms with E-state index in [0.29, 0.717) is 18.0 Å². The van der Waals surface area contributed by atoms with Crippen molar-refractivity contribution in [3.63, 3.8) is 0 Å². The van der Waals surface area contributed by atoms with Crippen LogP contribution in [0.3, 0.4) is 0 Å². The highest BCUT2D eigenvalue weighted by molar-refractivity contribution is 5.95. The van der Waals surface area contributed by atoms with Gasteiger partial charge in [-0.05, 0) is 44.9 Å². The molecule has 0 saturated carbocycles. The van der Waals surface area contributed by atoms with E-state index in [1.54, 1.807) is 20.3 Å². The van der Waals surface area contributed by atoms with Crippen molar-refractivity contribution < 1.29 is 14.3 Å². The van der Waals surface area contributed by atoms with Crippen LogP contribution in [0.1, 0.15) is 31.9 Å². The molecular formula is C17H24N2O3. The number of carbonyl (C=O) groups is 1. The van der Waals surface area contributed by atoms with Crippen molar-refractivity contribution in [1.29, 1.82) is 0 Å². The maximum Gasteiger partial charge on any atom is 0.246 e. The molecule has 0 aliphatic carbocycles. The highest BCUT2D eigenvalue weighted by Gasteiger charge is 2.29. The van der Waals surface area contributed by atoms with E-state index in [1.807, 2.05) is 19.1 Å². The maximum absolute atomic E-state index is 11.9. The molecule has 2 N–H and O–H groups in total. The van der Waals surface area contributed by atoms with Crippen LogP contribution in [0.2, 0.25) is 0 Å². The first-order valence-corrected chi connectivity index (χ1v) is 7.43. The lowest BCUT2D eigenvalue weighted by Crippen LogP contribution is -2.44. The first-order valence-electron chi connectivity index (χ1n) is 7.43. The molecule has 0 saturated heterocycles. The Hall–Kier alpha value is -2.17. The van der Waals surface area contributed by atoms with Crippen molar-refractivity contribution in [1.82, 2.24) is 10.6 Å². The molecule has 0 aromatic heterocycles. The Kier molecular flexibility index (Phi) is 4.64. The summed E-state index contributed by atoms with van der Waals surface area (Å²) < 4.78 is 10.8. The number of hydrogen-bond donors (Lipinski definition) is 2. The van der Waals surface area contributed by atoms with Gasteiger partial charge in [0.1, 0.15) is 0 Å². The Morgan fingerprint density at radius 1 is 1.32 bits per heavy atom. The predicted octanol–water partition coefficient (Wildman–Crippen LogP) is 2.11. The second kappa shape index (κ2) is 6.30. The smallest absolute Gasteiger partial charge is 0.246 e. The van der Waals surface area contributed by atoms with Crippen molar-refractivity contribution in [2.45, 2.75) is 32.7 Å². The van der Waals surface area contributed by atoms with Crippen LogP contribution in [0, 0.1) is 0 Å². The highest BCUT2D eigenvalue weighted by Crippen LogP contribution is 2.37. The van der Waals surface area contributed by atoms with Crippen molar-refractivity contribution >= 4 is 11.6 Å². The third-order valence-corrected chi connectivity index (χ3v) is 3.63. The molecule has 5 heteroatoms. The summed E-state index contributed by atoms with van der Waals surface area (Å²) in [6.07, 6.45) is 2.45. The zero-order chi connectivity index (χ0) is 16.3. The third-order valence-electron chi connectivity index (χ3n) is 3.63. The summed E-state index contributed by atoms with van der Waals surface area (Å²) in [7, 11) is 3.24. The van der Waals surface area contributed by atoms with Gasteiger partial charge in [-0.3, -0.25) is 4.79 Å². The number of benzene rings is 1. The Labute approximate surface area is 131 Å². The van der Waals surface area contributed by atoms with E-state index < -0.39 is 0 Å². The molecule has 0 atom stereocenters. The zero-order valence-electron chi connectivity index (χ0n) is 13.9. The molecule has 0 unspecified atom stereocenters. The van der Waals surface area contributed by atoms with Crippen LogP contribution < -0.4 is 20.1 Å². The van der Waals surface area contributed by atoms with Crippen LogP contribution in [0.25, 0.3) is 5.70 Å². The summed E-state index contributed by atoms with van der Waals surface area (Å²) in [4.78, 5) is 11.9. The van der Waals surface area contributed by atoms with Gasteiger partial charge < -0.3 is 20.1 Å². The molecule has 5 nitrogen and oxygen atoms in total. The van der Waals surface area contributed by atoms with E-state index in [9.17, 15) is 4.79 Å². The van der Waals surface area contributed by atoms with Gasteiger partial charge in [-0.2, -0.15) is 0 Å². The number of amides is 1. The van der Waals surface area contributed by atoms with E-state index in [4.69, 9.17) is 9.47 Å². The van der Waals surface area contributed by atoms with Crippen LogP contribution in [-0.2, 0) is 11.2 Å². The average Bonchev–Trinajstić information content (AvgIpc) is 2.45. The molecule has 22 heavy (non-hydrogen) atoms. The Morgan fingerprint density at radius 3 is 2.55 bits per heavy atom. The molecule has 1 aliphatic heterocycles. The summed E-state index contributed by atoms with van der Waals surface area (Å²) in [5.74, 6) is 1.25. The Bertz CT molecular complexity index is 606. The lowest BCUT2D eigenvalue weighted by molar-refractivity contribution is -0.116. The molecular weight excluding hydrogens is 280 g/mol. The van der Waals surface area contributed by atoms with Gasteiger partial charge in [0.15, 0.2) is 11.5 Å².